The number of aliphatic carboxylic acids is 1. The monoisotopic (exact) mass is 494 g/mol. The Hall–Kier alpha value is -2.03. The average molecular weight is 495 g/mol. The van der Waals surface area contributed by atoms with Crippen molar-refractivity contribution >= 4 is 17.8 Å². The topological polar surface area (TPSA) is 95.5 Å². The Bertz CT molecular complexity index is 557. The van der Waals surface area contributed by atoms with E-state index in [1.807, 2.05) is 13.8 Å². The van der Waals surface area contributed by atoms with Crippen molar-refractivity contribution in [1.82, 2.24) is 10.6 Å². The normalized spacial score (nSPS) is 11.0. The first-order chi connectivity index (χ1) is 16.9. The number of terminal acetylenes is 1. The predicted molar refractivity (Wildman–Crippen MR) is 146 cm³/mol. The summed E-state index contributed by atoms with van der Waals surface area (Å²) < 4.78 is 0. The van der Waals surface area contributed by atoms with E-state index < -0.39 is 5.97 Å². The molecular weight excluding hydrogens is 440 g/mol. The van der Waals surface area contributed by atoms with Gasteiger partial charge < -0.3 is 15.7 Å². The molecule has 0 heterocycles. The van der Waals surface area contributed by atoms with E-state index in [-0.39, 0.29) is 17.9 Å². The molecule has 0 rings (SSSR count). The van der Waals surface area contributed by atoms with Crippen molar-refractivity contribution in [3.63, 3.8) is 0 Å². The number of hydrogen-bond acceptors (Lipinski definition) is 3. The largest absolute Gasteiger partial charge is 0.481 e. The molecule has 1 unspecified atom stereocenters. The van der Waals surface area contributed by atoms with Gasteiger partial charge in [-0.15, -0.1) is 12.3 Å². The summed E-state index contributed by atoms with van der Waals surface area (Å²) in [4.78, 5) is 34.0. The number of hydrogen-bond donors (Lipinski definition) is 3. The van der Waals surface area contributed by atoms with Gasteiger partial charge in [0.25, 0.3) is 0 Å². The second-order valence-corrected chi connectivity index (χ2v) is 9.49. The number of unbranched alkanes of at least 4 members (excludes halogenated alkanes) is 13. The quantitative estimate of drug-likeness (QED) is 0.108. The van der Waals surface area contributed by atoms with Crippen LogP contribution in [0.3, 0.4) is 0 Å². The SMILES string of the molecule is C#CC.CCCNC(=O)CCC(C)NC(=O)CCCCCCCCCCCCCCCCC(=O)O. The van der Waals surface area contributed by atoms with Crippen molar-refractivity contribution in [2.75, 3.05) is 6.54 Å². The predicted octanol–water partition coefficient (Wildman–Crippen LogP) is 6.76. The van der Waals surface area contributed by atoms with E-state index in [1.54, 1.807) is 6.92 Å². The summed E-state index contributed by atoms with van der Waals surface area (Å²) in [5.41, 5.74) is 0. The highest BCUT2D eigenvalue weighted by atomic mass is 16.4. The van der Waals surface area contributed by atoms with Crippen molar-refractivity contribution < 1.29 is 19.5 Å². The number of rotatable bonds is 23. The Labute approximate surface area is 215 Å². The van der Waals surface area contributed by atoms with Crippen molar-refractivity contribution in [3.05, 3.63) is 0 Å². The summed E-state index contributed by atoms with van der Waals surface area (Å²) in [6.45, 7) is 6.37. The Balaban J connectivity index is 0. The lowest BCUT2D eigenvalue weighted by Gasteiger charge is -2.13. The van der Waals surface area contributed by atoms with Crippen LogP contribution in [0.2, 0.25) is 0 Å². The van der Waals surface area contributed by atoms with E-state index >= 15 is 0 Å². The van der Waals surface area contributed by atoms with Crippen molar-refractivity contribution in [2.45, 2.75) is 149 Å². The van der Waals surface area contributed by atoms with Gasteiger partial charge in [-0.05, 0) is 39.5 Å². The Morgan fingerprint density at radius 2 is 1.14 bits per heavy atom. The minimum atomic E-state index is -0.679. The molecule has 6 heteroatoms. The maximum Gasteiger partial charge on any atom is 0.303 e. The van der Waals surface area contributed by atoms with Gasteiger partial charge >= 0.3 is 5.97 Å². The molecule has 0 aliphatic heterocycles. The molecule has 1 atom stereocenters. The Kier molecular flexibility index (Phi) is 28.3. The van der Waals surface area contributed by atoms with Crippen LogP contribution in [0, 0.1) is 12.3 Å². The minimum Gasteiger partial charge on any atom is -0.481 e. The third-order valence-corrected chi connectivity index (χ3v) is 5.83. The first kappa shape index (κ1) is 35.1. The number of carboxylic acid groups (broad SMARTS) is 1. The highest BCUT2D eigenvalue weighted by molar-refractivity contribution is 5.77. The third kappa shape index (κ3) is 32.0. The van der Waals surface area contributed by atoms with Crippen LogP contribution in [0.15, 0.2) is 0 Å². The van der Waals surface area contributed by atoms with E-state index in [1.165, 1.54) is 64.2 Å². The van der Waals surface area contributed by atoms with E-state index in [4.69, 9.17) is 5.11 Å². The van der Waals surface area contributed by atoms with Crippen LogP contribution in [0.1, 0.15) is 143 Å². The summed E-state index contributed by atoms with van der Waals surface area (Å²) in [5, 5.41) is 14.5. The van der Waals surface area contributed by atoms with Crippen LogP contribution in [-0.2, 0) is 14.4 Å². The zero-order chi connectivity index (χ0) is 26.6. The smallest absolute Gasteiger partial charge is 0.303 e. The Morgan fingerprint density at radius 3 is 1.54 bits per heavy atom. The van der Waals surface area contributed by atoms with E-state index in [2.05, 4.69) is 23.0 Å². The van der Waals surface area contributed by atoms with Crippen LogP contribution >= 0.6 is 0 Å². The van der Waals surface area contributed by atoms with Gasteiger partial charge in [0.1, 0.15) is 0 Å². The third-order valence-electron chi connectivity index (χ3n) is 5.83. The van der Waals surface area contributed by atoms with Gasteiger partial charge in [0.15, 0.2) is 0 Å². The molecule has 2 amide bonds. The van der Waals surface area contributed by atoms with Gasteiger partial charge in [-0.3, -0.25) is 14.4 Å². The van der Waals surface area contributed by atoms with E-state index in [0.29, 0.717) is 25.7 Å². The zero-order valence-corrected chi connectivity index (χ0v) is 23.0. The number of amides is 2. The lowest BCUT2D eigenvalue weighted by molar-refractivity contribution is -0.137. The molecule has 6 nitrogen and oxygen atoms in total. The molecule has 0 aliphatic rings. The lowest BCUT2D eigenvalue weighted by Crippen LogP contribution is -2.34. The molecule has 0 spiro atoms. The second-order valence-electron chi connectivity index (χ2n) is 9.49. The summed E-state index contributed by atoms with van der Waals surface area (Å²) in [6, 6.07) is 0.0480. The van der Waals surface area contributed by atoms with Gasteiger partial charge in [-0.25, -0.2) is 0 Å². The fourth-order valence-corrected chi connectivity index (χ4v) is 3.80. The highest BCUT2D eigenvalue weighted by Gasteiger charge is 2.09. The first-order valence-corrected chi connectivity index (χ1v) is 14.0. The number of carbonyl (C=O) groups excluding carboxylic acids is 2. The summed E-state index contributed by atoms with van der Waals surface area (Å²) in [6.07, 6.45) is 24.2. The van der Waals surface area contributed by atoms with Gasteiger partial charge in [-0.1, -0.05) is 84.0 Å². The lowest BCUT2D eigenvalue weighted by atomic mass is 10.0. The Morgan fingerprint density at radius 1 is 0.743 bits per heavy atom. The minimum absolute atomic E-state index is 0.0480. The van der Waals surface area contributed by atoms with Gasteiger partial charge in [0.05, 0.1) is 0 Å². The molecule has 0 fully saturated rings. The highest BCUT2D eigenvalue weighted by Crippen LogP contribution is 2.13. The fourth-order valence-electron chi connectivity index (χ4n) is 3.80. The molecular formula is C29H54N2O4. The molecule has 3 N–H and O–H groups in total. The molecule has 0 radical (unpaired) electrons. The maximum atomic E-state index is 12.0. The number of nitrogens with one attached hydrogen (secondary N) is 2. The van der Waals surface area contributed by atoms with E-state index in [0.717, 1.165) is 38.6 Å². The van der Waals surface area contributed by atoms with Crippen molar-refractivity contribution in [3.8, 4) is 12.3 Å². The van der Waals surface area contributed by atoms with Gasteiger partial charge in [0.2, 0.25) is 11.8 Å². The molecule has 0 aromatic rings. The molecule has 0 saturated carbocycles. The standard InChI is InChI=1S/C26H50N2O4.C3H4/c1-3-22-27-24(29)21-20-23(2)28-25(30)18-16-14-12-10-8-6-4-5-7-9-11-13-15-17-19-26(31)32;1-3-2/h23H,3-22H2,1-2H3,(H,27,29)(H,28,30)(H,31,32);1H,2H3. The van der Waals surface area contributed by atoms with E-state index in [9.17, 15) is 14.4 Å². The maximum absolute atomic E-state index is 12.0. The van der Waals surface area contributed by atoms with Crippen LogP contribution in [0.25, 0.3) is 0 Å². The zero-order valence-electron chi connectivity index (χ0n) is 23.0. The number of carboxylic acids is 1. The first-order valence-electron chi connectivity index (χ1n) is 14.0. The molecule has 0 aromatic heterocycles. The molecule has 0 bridgehead atoms. The summed E-state index contributed by atoms with van der Waals surface area (Å²) in [7, 11) is 0. The van der Waals surface area contributed by atoms with Crippen LogP contribution < -0.4 is 10.6 Å². The van der Waals surface area contributed by atoms with Crippen LogP contribution in [0.5, 0.6) is 0 Å². The van der Waals surface area contributed by atoms with Crippen LogP contribution in [0.4, 0.5) is 0 Å². The average Bonchev–Trinajstić information content (AvgIpc) is 2.81. The molecule has 0 aromatic carbocycles. The van der Waals surface area contributed by atoms with Crippen LogP contribution in [-0.4, -0.2) is 35.5 Å². The molecule has 0 saturated heterocycles. The fraction of sp³-hybridized carbons (Fsp3) is 0.828. The van der Waals surface area contributed by atoms with Gasteiger partial charge in [-0.2, -0.15) is 0 Å². The molecule has 35 heavy (non-hydrogen) atoms. The van der Waals surface area contributed by atoms with Crippen molar-refractivity contribution in [1.29, 1.82) is 0 Å². The number of carbonyl (C=O) groups is 3. The molecule has 0 aliphatic carbocycles. The summed E-state index contributed by atoms with van der Waals surface area (Å²) in [5.74, 6) is 1.74. The summed E-state index contributed by atoms with van der Waals surface area (Å²) >= 11 is 0. The van der Waals surface area contributed by atoms with Gasteiger partial charge in [0, 0.05) is 31.8 Å². The van der Waals surface area contributed by atoms with Crippen molar-refractivity contribution in [2.24, 2.45) is 0 Å². The second kappa shape index (κ2) is 28.2. The molecule has 204 valence electrons.